The molecule has 4 aromatic rings. The Hall–Kier alpha value is -3.88. The number of aryl methyl sites for hydroxylation is 2. The highest BCUT2D eigenvalue weighted by atomic mass is 16.6. The molecule has 0 atom stereocenters. The SMILES string of the molecule is Cc1cc(C)cc(-n2nnc3c(=O)n(Cc4cccc([N+](=O)[O-])c4)cnc32)c1. The minimum atomic E-state index is -0.469. The summed E-state index contributed by atoms with van der Waals surface area (Å²) in [6.45, 7) is 4.12. The van der Waals surface area contributed by atoms with E-state index >= 15 is 0 Å². The van der Waals surface area contributed by atoms with E-state index in [0.717, 1.165) is 16.8 Å². The number of hydrogen-bond donors (Lipinski definition) is 0. The predicted octanol–water partition coefficient (Wildman–Crippen LogP) is 2.55. The van der Waals surface area contributed by atoms with E-state index in [1.165, 1.54) is 27.7 Å². The smallest absolute Gasteiger partial charge is 0.283 e. The Morgan fingerprint density at radius 1 is 1.11 bits per heavy atom. The number of nitro benzene ring substituents is 1. The summed E-state index contributed by atoms with van der Waals surface area (Å²) < 4.78 is 2.90. The third-order valence-corrected chi connectivity index (χ3v) is 4.35. The fourth-order valence-electron chi connectivity index (χ4n) is 3.17. The molecule has 0 bridgehead atoms. The lowest BCUT2D eigenvalue weighted by molar-refractivity contribution is -0.384. The maximum absolute atomic E-state index is 12.8. The van der Waals surface area contributed by atoms with Crippen LogP contribution in [0.3, 0.4) is 0 Å². The van der Waals surface area contributed by atoms with E-state index in [0.29, 0.717) is 11.2 Å². The van der Waals surface area contributed by atoms with Crippen molar-refractivity contribution in [3.8, 4) is 5.69 Å². The first-order valence-corrected chi connectivity index (χ1v) is 8.55. The van der Waals surface area contributed by atoms with Crippen LogP contribution in [0.4, 0.5) is 5.69 Å². The van der Waals surface area contributed by atoms with Crippen molar-refractivity contribution in [3.05, 3.63) is 86.0 Å². The normalized spacial score (nSPS) is 11.1. The second-order valence-corrected chi connectivity index (χ2v) is 6.62. The van der Waals surface area contributed by atoms with E-state index in [9.17, 15) is 14.9 Å². The van der Waals surface area contributed by atoms with Crippen molar-refractivity contribution in [2.24, 2.45) is 0 Å². The van der Waals surface area contributed by atoms with Gasteiger partial charge >= 0.3 is 0 Å². The van der Waals surface area contributed by atoms with Crippen molar-refractivity contribution in [1.82, 2.24) is 24.5 Å². The molecule has 9 heteroatoms. The summed E-state index contributed by atoms with van der Waals surface area (Å²) in [5.41, 5.74) is 3.67. The van der Waals surface area contributed by atoms with Crippen molar-refractivity contribution in [2.75, 3.05) is 0 Å². The Kier molecular flexibility index (Phi) is 4.19. The summed E-state index contributed by atoms with van der Waals surface area (Å²) in [4.78, 5) is 27.6. The van der Waals surface area contributed by atoms with Gasteiger partial charge in [-0.05, 0) is 42.7 Å². The van der Waals surface area contributed by atoms with E-state index in [1.807, 2.05) is 32.0 Å². The third-order valence-electron chi connectivity index (χ3n) is 4.35. The van der Waals surface area contributed by atoms with Crippen LogP contribution in [-0.4, -0.2) is 29.5 Å². The summed E-state index contributed by atoms with van der Waals surface area (Å²) >= 11 is 0. The molecule has 0 saturated carbocycles. The van der Waals surface area contributed by atoms with Gasteiger partial charge in [0.15, 0.2) is 11.2 Å². The van der Waals surface area contributed by atoms with Crippen molar-refractivity contribution in [3.63, 3.8) is 0 Å². The van der Waals surface area contributed by atoms with Crippen molar-refractivity contribution in [2.45, 2.75) is 20.4 Å². The van der Waals surface area contributed by atoms with Gasteiger partial charge in [-0.3, -0.25) is 19.5 Å². The van der Waals surface area contributed by atoms with Gasteiger partial charge in [0, 0.05) is 12.1 Å². The largest absolute Gasteiger partial charge is 0.293 e. The van der Waals surface area contributed by atoms with Gasteiger partial charge in [0.1, 0.15) is 6.33 Å². The molecular formula is C19H16N6O3. The molecule has 0 saturated heterocycles. The highest BCUT2D eigenvalue weighted by Gasteiger charge is 2.14. The molecule has 0 amide bonds. The van der Waals surface area contributed by atoms with Gasteiger partial charge in [0.2, 0.25) is 0 Å². The van der Waals surface area contributed by atoms with Crippen LogP contribution >= 0.6 is 0 Å². The Morgan fingerprint density at radius 2 is 1.86 bits per heavy atom. The molecule has 140 valence electrons. The lowest BCUT2D eigenvalue weighted by atomic mass is 10.1. The second kappa shape index (κ2) is 6.69. The Labute approximate surface area is 159 Å². The molecule has 2 heterocycles. The molecule has 0 fully saturated rings. The van der Waals surface area contributed by atoms with Gasteiger partial charge in [-0.25, -0.2) is 4.98 Å². The standard InChI is InChI=1S/C19H16N6O3/c1-12-6-13(2)8-16(7-12)24-18-17(21-22-24)19(26)23(11-20-18)10-14-4-3-5-15(9-14)25(27)28/h3-9,11H,10H2,1-2H3. The summed E-state index contributed by atoms with van der Waals surface area (Å²) in [6.07, 6.45) is 1.41. The number of rotatable bonds is 4. The number of fused-ring (bicyclic) bond motifs is 1. The average molecular weight is 376 g/mol. The number of nitro groups is 1. The van der Waals surface area contributed by atoms with Gasteiger partial charge in [0.25, 0.3) is 11.2 Å². The van der Waals surface area contributed by atoms with E-state index in [-0.39, 0.29) is 23.3 Å². The first kappa shape index (κ1) is 17.5. The maximum atomic E-state index is 12.8. The molecule has 0 radical (unpaired) electrons. The van der Waals surface area contributed by atoms with Crippen LogP contribution in [0.15, 0.2) is 53.6 Å². The van der Waals surface area contributed by atoms with Crippen LogP contribution in [0, 0.1) is 24.0 Å². The molecule has 4 rings (SSSR count). The Morgan fingerprint density at radius 3 is 2.57 bits per heavy atom. The Bertz CT molecular complexity index is 1250. The van der Waals surface area contributed by atoms with Crippen LogP contribution in [-0.2, 0) is 6.54 Å². The minimum absolute atomic E-state index is 0.0275. The number of benzene rings is 2. The average Bonchev–Trinajstić information content (AvgIpc) is 3.08. The highest BCUT2D eigenvalue weighted by molar-refractivity contribution is 5.70. The van der Waals surface area contributed by atoms with Crippen LogP contribution in [0.25, 0.3) is 16.9 Å². The zero-order valence-electron chi connectivity index (χ0n) is 15.2. The quantitative estimate of drug-likeness (QED) is 0.400. The highest BCUT2D eigenvalue weighted by Crippen LogP contribution is 2.17. The molecule has 0 aliphatic carbocycles. The summed E-state index contributed by atoms with van der Waals surface area (Å²) in [7, 11) is 0. The van der Waals surface area contributed by atoms with E-state index < -0.39 is 4.92 Å². The summed E-state index contributed by atoms with van der Waals surface area (Å²) in [5.74, 6) is 0. The lowest BCUT2D eigenvalue weighted by Gasteiger charge is -2.07. The molecule has 28 heavy (non-hydrogen) atoms. The molecule has 0 aliphatic rings. The van der Waals surface area contributed by atoms with Crippen molar-refractivity contribution in [1.29, 1.82) is 0 Å². The zero-order chi connectivity index (χ0) is 19.8. The molecular weight excluding hydrogens is 360 g/mol. The van der Waals surface area contributed by atoms with Crippen molar-refractivity contribution >= 4 is 16.9 Å². The number of nitrogens with zero attached hydrogens (tertiary/aromatic N) is 6. The molecule has 2 aromatic carbocycles. The van der Waals surface area contributed by atoms with Crippen molar-refractivity contribution < 1.29 is 4.92 Å². The summed E-state index contributed by atoms with van der Waals surface area (Å²) in [6, 6.07) is 12.1. The first-order chi connectivity index (χ1) is 13.4. The number of aromatic nitrogens is 5. The van der Waals surface area contributed by atoms with E-state index in [1.54, 1.807) is 12.1 Å². The van der Waals surface area contributed by atoms with Gasteiger partial charge in [-0.2, -0.15) is 4.68 Å². The topological polar surface area (TPSA) is 109 Å². The maximum Gasteiger partial charge on any atom is 0.283 e. The van der Waals surface area contributed by atoms with Gasteiger partial charge in [0.05, 0.1) is 17.2 Å². The molecule has 2 aromatic heterocycles. The minimum Gasteiger partial charge on any atom is -0.293 e. The van der Waals surface area contributed by atoms with E-state index in [2.05, 4.69) is 15.3 Å². The molecule has 0 N–H and O–H groups in total. The lowest BCUT2D eigenvalue weighted by Crippen LogP contribution is -2.21. The number of hydrogen-bond acceptors (Lipinski definition) is 6. The molecule has 0 spiro atoms. The fraction of sp³-hybridized carbons (Fsp3) is 0.158. The monoisotopic (exact) mass is 376 g/mol. The zero-order valence-corrected chi connectivity index (χ0v) is 15.2. The molecule has 0 aliphatic heterocycles. The fourth-order valence-corrected chi connectivity index (χ4v) is 3.17. The van der Waals surface area contributed by atoms with Crippen LogP contribution in [0.5, 0.6) is 0 Å². The van der Waals surface area contributed by atoms with E-state index in [4.69, 9.17) is 0 Å². The van der Waals surface area contributed by atoms with Gasteiger partial charge in [-0.15, -0.1) is 5.10 Å². The number of non-ortho nitro benzene ring substituents is 1. The van der Waals surface area contributed by atoms with Gasteiger partial charge in [-0.1, -0.05) is 23.4 Å². The molecule has 9 nitrogen and oxygen atoms in total. The first-order valence-electron chi connectivity index (χ1n) is 8.55. The summed E-state index contributed by atoms with van der Waals surface area (Å²) in [5, 5.41) is 19.0. The van der Waals surface area contributed by atoms with Crippen LogP contribution < -0.4 is 5.56 Å². The predicted molar refractivity (Wildman–Crippen MR) is 103 cm³/mol. The second-order valence-electron chi connectivity index (χ2n) is 6.62. The Balaban J connectivity index is 1.76. The molecule has 0 unspecified atom stereocenters. The van der Waals surface area contributed by atoms with Gasteiger partial charge < -0.3 is 0 Å². The van der Waals surface area contributed by atoms with Crippen LogP contribution in [0.2, 0.25) is 0 Å². The van der Waals surface area contributed by atoms with Crippen LogP contribution in [0.1, 0.15) is 16.7 Å². The third kappa shape index (κ3) is 3.13.